The highest BCUT2D eigenvalue weighted by atomic mass is 32.1. The van der Waals surface area contributed by atoms with Crippen LogP contribution in [0, 0.1) is 6.92 Å². The van der Waals surface area contributed by atoms with Crippen LogP contribution in [-0.2, 0) is 11.2 Å². The fourth-order valence-electron chi connectivity index (χ4n) is 3.13. The molecular formula is C24H24N2O5S. The van der Waals surface area contributed by atoms with Gasteiger partial charge in [0.2, 0.25) is 0 Å². The zero-order valence-electron chi connectivity index (χ0n) is 18.1. The molecule has 166 valence electrons. The van der Waals surface area contributed by atoms with E-state index in [2.05, 4.69) is 10.6 Å². The van der Waals surface area contributed by atoms with Gasteiger partial charge in [0.1, 0.15) is 10.8 Å². The van der Waals surface area contributed by atoms with E-state index in [4.69, 9.17) is 9.47 Å². The van der Waals surface area contributed by atoms with E-state index >= 15 is 0 Å². The topological polar surface area (TPSA) is 93.7 Å². The second-order valence-corrected chi connectivity index (χ2v) is 7.95. The third-order valence-electron chi connectivity index (χ3n) is 4.86. The van der Waals surface area contributed by atoms with Crippen molar-refractivity contribution >= 4 is 34.1 Å². The second kappa shape index (κ2) is 10.6. The van der Waals surface area contributed by atoms with E-state index < -0.39 is 11.9 Å². The Hall–Kier alpha value is -3.65. The van der Waals surface area contributed by atoms with Crippen LogP contribution in [0.4, 0.5) is 5.00 Å². The first-order valence-corrected chi connectivity index (χ1v) is 10.8. The van der Waals surface area contributed by atoms with E-state index in [1.54, 1.807) is 38.3 Å². The van der Waals surface area contributed by atoms with E-state index in [9.17, 15) is 14.4 Å². The lowest BCUT2D eigenvalue weighted by Gasteiger charge is -2.07. The first-order valence-electron chi connectivity index (χ1n) is 9.93. The molecule has 3 rings (SSSR count). The quantitative estimate of drug-likeness (QED) is 0.503. The lowest BCUT2D eigenvalue weighted by Crippen LogP contribution is -2.25. The maximum absolute atomic E-state index is 12.8. The summed E-state index contributed by atoms with van der Waals surface area (Å²) < 4.78 is 9.98. The van der Waals surface area contributed by atoms with Crippen molar-refractivity contribution in [3.05, 3.63) is 81.7 Å². The molecular weight excluding hydrogens is 428 g/mol. The summed E-state index contributed by atoms with van der Waals surface area (Å²) in [6.07, 6.45) is 0.682. The molecule has 3 aromatic rings. The molecule has 2 aromatic carbocycles. The highest BCUT2D eigenvalue weighted by Gasteiger charge is 2.26. The molecule has 0 saturated carbocycles. The average molecular weight is 453 g/mol. The molecule has 8 heteroatoms. The van der Waals surface area contributed by atoms with E-state index in [1.807, 2.05) is 30.3 Å². The molecule has 0 unspecified atom stereocenters. The number of ether oxygens (including phenoxy) is 2. The number of hydrogen-bond acceptors (Lipinski definition) is 6. The molecule has 0 atom stereocenters. The van der Waals surface area contributed by atoms with Gasteiger partial charge in [-0.25, -0.2) is 4.79 Å². The smallest absolute Gasteiger partial charge is 0.341 e. The number of amides is 2. The Balaban J connectivity index is 1.78. The number of esters is 1. The standard InChI is InChI=1S/C24H24N2O5S/c1-15-19(24(29)31-3)23(26-21(27)17-9-11-18(30-2)12-10-17)32-20(15)22(28)25-14-13-16-7-5-4-6-8-16/h4-12H,13-14H2,1-3H3,(H,25,28)(H,26,27). The van der Waals surface area contributed by atoms with Gasteiger partial charge in [-0.3, -0.25) is 9.59 Å². The average Bonchev–Trinajstić information content (AvgIpc) is 3.14. The van der Waals surface area contributed by atoms with Gasteiger partial charge >= 0.3 is 5.97 Å². The third kappa shape index (κ3) is 5.33. The number of benzene rings is 2. The minimum Gasteiger partial charge on any atom is -0.497 e. The molecule has 2 amide bonds. The largest absolute Gasteiger partial charge is 0.497 e. The van der Waals surface area contributed by atoms with Gasteiger partial charge in [0.25, 0.3) is 11.8 Å². The summed E-state index contributed by atoms with van der Waals surface area (Å²) in [7, 11) is 2.80. The molecule has 0 aliphatic rings. The Morgan fingerprint density at radius 2 is 1.62 bits per heavy atom. The first kappa shape index (κ1) is 23.0. The fraction of sp³-hybridized carbons (Fsp3) is 0.208. The van der Waals surface area contributed by atoms with Gasteiger partial charge in [-0.15, -0.1) is 11.3 Å². The molecule has 0 fully saturated rings. The molecule has 7 nitrogen and oxygen atoms in total. The summed E-state index contributed by atoms with van der Waals surface area (Å²) in [5.41, 5.74) is 2.14. The van der Waals surface area contributed by atoms with Crippen molar-refractivity contribution in [3.63, 3.8) is 0 Å². The highest BCUT2D eigenvalue weighted by Crippen LogP contribution is 2.34. The van der Waals surface area contributed by atoms with E-state index in [0.29, 0.717) is 34.7 Å². The van der Waals surface area contributed by atoms with Gasteiger partial charge < -0.3 is 20.1 Å². The van der Waals surface area contributed by atoms with Gasteiger partial charge in [-0.2, -0.15) is 0 Å². The lowest BCUT2D eigenvalue weighted by atomic mass is 10.1. The minimum absolute atomic E-state index is 0.174. The van der Waals surface area contributed by atoms with Gasteiger partial charge in [-0.1, -0.05) is 30.3 Å². The van der Waals surface area contributed by atoms with Gasteiger partial charge in [-0.05, 0) is 48.7 Å². The third-order valence-corrected chi connectivity index (χ3v) is 6.07. The number of hydrogen-bond donors (Lipinski definition) is 2. The van der Waals surface area contributed by atoms with Crippen molar-refractivity contribution in [2.75, 3.05) is 26.1 Å². The molecule has 2 N–H and O–H groups in total. The summed E-state index contributed by atoms with van der Waals surface area (Å²) in [6.45, 7) is 2.11. The van der Waals surface area contributed by atoms with Crippen molar-refractivity contribution in [3.8, 4) is 5.75 Å². The molecule has 0 aliphatic carbocycles. The van der Waals surface area contributed by atoms with Crippen LogP contribution in [0.1, 0.15) is 41.5 Å². The Kier molecular flexibility index (Phi) is 7.62. The predicted octanol–water partition coefficient (Wildman–Crippen LogP) is 4.08. The normalized spacial score (nSPS) is 10.3. The van der Waals surface area contributed by atoms with Gasteiger partial charge in [0, 0.05) is 12.1 Å². The van der Waals surface area contributed by atoms with Crippen molar-refractivity contribution in [2.45, 2.75) is 13.3 Å². The van der Waals surface area contributed by atoms with Crippen LogP contribution in [0.15, 0.2) is 54.6 Å². The fourth-order valence-corrected chi connectivity index (χ4v) is 4.24. The highest BCUT2D eigenvalue weighted by molar-refractivity contribution is 7.18. The molecule has 1 heterocycles. The van der Waals surface area contributed by atoms with Crippen molar-refractivity contribution in [2.24, 2.45) is 0 Å². The zero-order valence-corrected chi connectivity index (χ0v) is 18.9. The number of carbonyl (C=O) groups is 3. The summed E-state index contributed by atoms with van der Waals surface area (Å²) in [4.78, 5) is 38.2. The van der Waals surface area contributed by atoms with Crippen molar-refractivity contribution in [1.29, 1.82) is 0 Å². The number of anilines is 1. The Morgan fingerprint density at radius 3 is 2.25 bits per heavy atom. The Bertz CT molecular complexity index is 1110. The van der Waals surface area contributed by atoms with Crippen LogP contribution >= 0.6 is 11.3 Å². The van der Waals surface area contributed by atoms with Gasteiger partial charge in [0.15, 0.2) is 0 Å². The van der Waals surface area contributed by atoms with Gasteiger partial charge in [0.05, 0.1) is 24.7 Å². The zero-order chi connectivity index (χ0) is 23.1. The molecule has 0 saturated heterocycles. The summed E-state index contributed by atoms with van der Waals surface area (Å²) in [6, 6.07) is 16.4. The van der Waals surface area contributed by atoms with E-state index in [-0.39, 0.29) is 16.5 Å². The Labute approximate surface area is 190 Å². The summed E-state index contributed by atoms with van der Waals surface area (Å²) >= 11 is 1.05. The van der Waals surface area contributed by atoms with Crippen LogP contribution in [0.25, 0.3) is 0 Å². The maximum Gasteiger partial charge on any atom is 0.341 e. The SMILES string of the molecule is COC(=O)c1c(NC(=O)c2ccc(OC)cc2)sc(C(=O)NCCc2ccccc2)c1C. The molecule has 32 heavy (non-hydrogen) atoms. The van der Waals surface area contributed by atoms with E-state index in [1.165, 1.54) is 7.11 Å². The number of nitrogens with one attached hydrogen (secondary N) is 2. The van der Waals surface area contributed by atoms with Crippen LogP contribution in [0.5, 0.6) is 5.75 Å². The van der Waals surface area contributed by atoms with Crippen LogP contribution in [-0.4, -0.2) is 38.5 Å². The molecule has 0 aliphatic heterocycles. The summed E-state index contributed by atoms with van der Waals surface area (Å²) in [5.74, 6) is -0.709. The molecule has 0 bridgehead atoms. The first-order chi connectivity index (χ1) is 15.4. The van der Waals surface area contributed by atoms with Crippen LogP contribution in [0.3, 0.4) is 0 Å². The monoisotopic (exact) mass is 452 g/mol. The number of methoxy groups -OCH3 is 2. The van der Waals surface area contributed by atoms with E-state index in [0.717, 1.165) is 16.9 Å². The molecule has 1 aromatic heterocycles. The number of thiophene rings is 1. The maximum atomic E-state index is 12.8. The van der Waals surface area contributed by atoms with Crippen molar-refractivity contribution in [1.82, 2.24) is 5.32 Å². The Morgan fingerprint density at radius 1 is 0.938 bits per heavy atom. The number of carbonyl (C=O) groups excluding carboxylic acids is 3. The molecule has 0 spiro atoms. The van der Waals surface area contributed by atoms with Crippen LogP contribution < -0.4 is 15.4 Å². The minimum atomic E-state index is -0.618. The second-order valence-electron chi connectivity index (χ2n) is 6.93. The summed E-state index contributed by atoms with van der Waals surface area (Å²) in [5, 5.41) is 5.88. The van der Waals surface area contributed by atoms with Crippen molar-refractivity contribution < 1.29 is 23.9 Å². The number of rotatable bonds is 8. The predicted molar refractivity (Wildman–Crippen MR) is 124 cm³/mol. The molecule has 0 radical (unpaired) electrons. The lowest BCUT2D eigenvalue weighted by molar-refractivity contribution is 0.0601. The van der Waals surface area contributed by atoms with Crippen LogP contribution in [0.2, 0.25) is 0 Å².